The van der Waals surface area contributed by atoms with E-state index in [0.29, 0.717) is 38.3 Å². The molecular weight excluding hydrogens is 398 g/mol. The second-order valence-electron chi connectivity index (χ2n) is 9.49. The molecule has 2 aliphatic heterocycles. The molecule has 1 atom stereocenters. The highest BCUT2D eigenvalue weighted by atomic mass is 16.5. The summed E-state index contributed by atoms with van der Waals surface area (Å²) in [5.74, 6) is 0.135. The summed E-state index contributed by atoms with van der Waals surface area (Å²) in [6.07, 6.45) is 2.28. The molecule has 4 rings (SSSR count). The minimum Gasteiger partial charge on any atom is -0.370 e. The average molecular weight is 430 g/mol. The number of likely N-dealkylation sites (tertiary alicyclic amines) is 2. The summed E-state index contributed by atoms with van der Waals surface area (Å²) in [7, 11) is 0. The van der Waals surface area contributed by atoms with Crippen LogP contribution in [0.5, 0.6) is 0 Å². The Morgan fingerprint density at radius 3 is 2.77 bits per heavy atom. The number of hydrogen-bond donors (Lipinski definition) is 1. The molecule has 9 nitrogen and oxygen atoms in total. The Labute approximate surface area is 181 Å². The number of nitrogens with one attached hydrogen (secondary N) is 1. The second-order valence-corrected chi connectivity index (χ2v) is 9.49. The van der Waals surface area contributed by atoms with Gasteiger partial charge < -0.3 is 14.5 Å². The van der Waals surface area contributed by atoms with Crippen molar-refractivity contribution in [2.24, 2.45) is 0 Å². The first-order chi connectivity index (χ1) is 14.7. The van der Waals surface area contributed by atoms with Gasteiger partial charge in [-0.25, -0.2) is 9.50 Å². The monoisotopic (exact) mass is 429 g/mol. The summed E-state index contributed by atoms with van der Waals surface area (Å²) < 4.78 is 6.99. The lowest BCUT2D eigenvalue weighted by Gasteiger charge is -2.18. The second kappa shape index (κ2) is 8.45. The maximum atomic E-state index is 12.6. The molecule has 0 bridgehead atoms. The van der Waals surface area contributed by atoms with Gasteiger partial charge in [0.15, 0.2) is 5.65 Å². The first-order valence-electron chi connectivity index (χ1n) is 11.0. The highest BCUT2D eigenvalue weighted by Crippen LogP contribution is 2.26. The molecule has 2 aliphatic rings. The first kappa shape index (κ1) is 21.5. The van der Waals surface area contributed by atoms with Gasteiger partial charge in [-0.3, -0.25) is 19.5 Å². The molecule has 9 heteroatoms. The number of hydrogen-bond acceptors (Lipinski definition) is 5. The molecule has 0 saturated carbocycles. The molecular formula is C22H31N5O4. The number of amides is 2. The van der Waals surface area contributed by atoms with Crippen LogP contribution in [0.15, 0.2) is 16.9 Å². The molecule has 2 amide bonds. The number of ether oxygens (including phenoxy) is 1. The summed E-state index contributed by atoms with van der Waals surface area (Å²) in [6, 6.07) is 3.49. The third kappa shape index (κ3) is 4.66. The number of fused-ring (bicyclic) bond motifs is 1. The van der Waals surface area contributed by atoms with Gasteiger partial charge in [-0.15, -0.1) is 0 Å². The summed E-state index contributed by atoms with van der Waals surface area (Å²) in [4.78, 5) is 44.9. The Kier molecular flexibility index (Phi) is 5.88. The standard InChI is InChI=1S/C22H31N5O4/c1-22(2,3)17-12-18-23-16(11-20(29)27(18)24-17)15-6-8-26(13-15)21(30)14-31-10-9-25-7-4-5-19(25)28/h11-12,15,24H,4-10,13-14H2,1-3H3/t15-/m1/s1. The van der Waals surface area contributed by atoms with Crippen LogP contribution in [0.1, 0.15) is 57.3 Å². The fraction of sp³-hybridized carbons (Fsp3) is 0.636. The van der Waals surface area contributed by atoms with Gasteiger partial charge in [0.1, 0.15) is 6.61 Å². The topological polar surface area (TPSA) is 100 Å². The van der Waals surface area contributed by atoms with Crippen molar-refractivity contribution in [3.8, 4) is 0 Å². The quantitative estimate of drug-likeness (QED) is 0.697. The zero-order chi connectivity index (χ0) is 22.2. The normalized spacial score (nSPS) is 19.7. The van der Waals surface area contributed by atoms with Crippen LogP contribution < -0.4 is 5.56 Å². The highest BCUT2D eigenvalue weighted by molar-refractivity contribution is 5.78. The average Bonchev–Trinajstić information content (AvgIpc) is 3.44. The van der Waals surface area contributed by atoms with Crippen LogP contribution in [0, 0.1) is 0 Å². The molecule has 4 heterocycles. The van der Waals surface area contributed by atoms with Crippen LogP contribution in [0.3, 0.4) is 0 Å². The summed E-state index contributed by atoms with van der Waals surface area (Å²) in [5.41, 5.74) is 2.04. The molecule has 1 N–H and O–H groups in total. The molecule has 0 spiro atoms. The Balaban J connectivity index is 1.33. The maximum Gasteiger partial charge on any atom is 0.272 e. The number of carbonyl (C=O) groups excluding carboxylic acids is 2. The summed E-state index contributed by atoms with van der Waals surface area (Å²) in [6.45, 7) is 9.09. The van der Waals surface area contributed by atoms with Crippen LogP contribution in [-0.4, -0.2) is 75.6 Å². The van der Waals surface area contributed by atoms with Crippen molar-refractivity contribution >= 4 is 17.5 Å². The van der Waals surface area contributed by atoms with Crippen molar-refractivity contribution in [2.45, 2.75) is 51.4 Å². The van der Waals surface area contributed by atoms with E-state index in [1.807, 2.05) is 6.07 Å². The number of carbonyl (C=O) groups is 2. The third-order valence-electron chi connectivity index (χ3n) is 6.14. The molecule has 0 aliphatic carbocycles. The van der Waals surface area contributed by atoms with Crippen molar-refractivity contribution in [1.29, 1.82) is 0 Å². The molecule has 0 radical (unpaired) electrons. The van der Waals surface area contributed by atoms with Crippen LogP contribution >= 0.6 is 0 Å². The third-order valence-corrected chi connectivity index (χ3v) is 6.14. The minimum absolute atomic E-state index is 0.0105. The molecule has 2 saturated heterocycles. The Bertz CT molecular complexity index is 1030. The van der Waals surface area contributed by atoms with Gasteiger partial charge in [-0.1, -0.05) is 20.8 Å². The molecule has 2 fully saturated rings. The van der Waals surface area contributed by atoms with Gasteiger partial charge in [-0.05, 0) is 12.8 Å². The van der Waals surface area contributed by atoms with Gasteiger partial charge >= 0.3 is 0 Å². The number of aromatic amines is 1. The highest BCUT2D eigenvalue weighted by Gasteiger charge is 2.29. The zero-order valence-electron chi connectivity index (χ0n) is 18.5. The Morgan fingerprint density at radius 2 is 2.06 bits per heavy atom. The van der Waals surface area contributed by atoms with E-state index < -0.39 is 0 Å². The fourth-order valence-electron chi connectivity index (χ4n) is 4.20. The first-order valence-corrected chi connectivity index (χ1v) is 11.0. The van der Waals surface area contributed by atoms with Crippen molar-refractivity contribution < 1.29 is 14.3 Å². The van der Waals surface area contributed by atoms with Crippen LogP contribution in [0.4, 0.5) is 0 Å². The molecule has 168 valence electrons. The number of aromatic nitrogens is 3. The van der Waals surface area contributed by atoms with Gasteiger partial charge in [0.05, 0.1) is 12.3 Å². The summed E-state index contributed by atoms with van der Waals surface area (Å²) >= 11 is 0. The van der Waals surface area contributed by atoms with Crippen LogP contribution in [0.2, 0.25) is 0 Å². The van der Waals surface area contributed by atoms with E-state index in [9.17, 15) is 14.4 Å². The fourth-order valence-corrected chi connectivity index (χ4v) is 4.20. The van der Waals surface area contributed by atoms with E-state index in [4.69, 9.17) is 9.72 Å². The maximum absolute atomic E-state index is 12.6. The molecule has 31 heavy (non-hydrogen) atoms. The Hall–Kier alpha value is -2.68. The van der Waals surface area contributed by atoms with Gasteiger partial charge in [-0.2, -0.15) is 0 Å². The molecule has 2 aromatic heterocycles. The van der Waals surface area contributed by atoms with E-state index in [2.05, 4.69) is 25.9 Å². The van der Waals surface area contributed by atoms with Crippen LogP contribution in [0.25, 0.3) is 5.65 Å². The Morgan fingerprint density at radius 1 is 1.26 bits per heavy atom. The lowest BCUT2D eigenvalue weighted by atomic mass is 9.93. The number of nitrogens with zero attached hydrogens (tertiary/aromatic N) is 4. The van der Waals surface area contributed by atoms with Gasteiger partial charge in [0.2, 0.25) is 11.8 Å². The van der Waals surface area contributed by atoms with E-state index in [1.165, 1.54) is 4.52 Å². The van der Waals surface area contributed by atoms with Crippen LogP contribution in [-0.2, 0) is 19.7 Å². The van der Waals surface area contributed by atoms with E-state index in [1.54, 1.807) is 15.9 Å². The van der Waals surface area contributed by atoms with Crippen molar-refractivity contribution in [3.63, 3.8) is 0 Å². The zero-order valence-corrected chi connectivity index (χ0v) is 18.5. The molecule has 0 aromatic carbocycles. The molecule has 2 aromatic rings. The van der Waals surface area contributed by atoms with Crippen molar-refractivity contribution in [3.05, 3.63) is 33.9 Å². The van der Waals surface area contributed by atoms with Crippen molar-refractivity contribution in [1.82, 2.24) is 24.4 Å². The smallest absolute Gasteiger partial charge is 0.272 e. The molecule has 0 unspecified atom stereocenters. The number of H-pyrrole nitrogens is 1. The predicted octanol–water partition coefficient (Wildman–Crippen LogP) is 1.28. The van der Waals surface area contributed by atoms with Gasteiger partial charge in [0.25, 0.3) is 5.56 Å². The largest absolute Gasteiger partial charge is 0.370 e. The number of rotatable bonds is 6. The van der Waals surface area contributed by atoms with E-state index >= 15 is 0 Å². The van der Waals surface area contributed by atoms with E-state index in [-0.39, 0.29) is 35.3 Å². The minimum atomic E-state index is -0.139. The van der Waals surface area contributed by atoms with Gasteiger partial charge in [0, 0.05) is 61.8 Å². The SMILES string of the molecule is CC(C)(C)c1cc2nc([C@@H]3CCN(C(=O)COCCN4CCCC4=O)C3)cc(=O)n2[nH]1. The predicted molar refractivity (Wildman–Crippen MR) is 115 cm³/mol. The lowest BCUT2D eigenvalue weighted by Crippen LogP contribution is -2.34. The summed E-state index contributed by atoms with van der Waals surface area (Å²) in [5, 5.41) is 3.14. The van der Waals surface area contributed by atoms with E-state index in [0.717, 1.165) is 30.8 Å². The van der Waals surface area contributed by atoms with Crippen molar-refractivity contribution in [2.75, 3.05) is 39.4 Å². The lowest BCUT2D eigenvalue weighted by molar-refractivity contribution is -0.135.